The topological polar surface area (TPSA) is 9.23 Å². The van der Waals surface area contributed by atoms with Crippen LogP contribution in [0.4, 0.5) is 0 Å². The highest BCUT2D eigenvalue weighted by atomic mass is 35.5. The van der Waals surface area contributed by atoms with Crippen LogP contribution in [0.2, 0.25) is 5.02 Å². The first-order valence-corrected chi connectivity index (χ1v) is 5.12. The van der Waals surface area contributed by atoms with E-state index in [2.05, 4.69) is 20.8 Å². The van der Waals surface area contributed by atoms with Crippen LogP contribution in [0, 0.1) is 5.41 Å². The lowest BCUT2D eigenvalue weighted by atomic mass is 9.88. The molecule has 0 fully saturated rings. The van der Waals surface area contributed by atoms with Crippen molar-refractivity contribution in [1.82, 2.24) is 0 Å². The molecule has 0 bridgehead atoms. The van der Waals surface area contributed by atoms with Crippen LogP contribution >= 0.6 is 11.6 Å². The van der Waals surface area contributed by atoms with Gasteiger partial charge in [0.15, 0.2) is 0 Å². The van der Waals surface area contributed by atoms with Gasteiger partial charge in [0.2, 0.25) is 0 Å². The van der Waals surface area contributed by atoms with Gasteiger partial charge < -0.3 is 4.74 Å². The van der Waals surface area contributed by atoms with Crippen molar-refractivity contribution in [2.24, 2.45) is 5.41 Å². The summed E-state index contributed by atoms with van der Waals surface area (Å²) in [5.41, 5.74) is 1.48. The third-order valence-corrected chi connectivity index (χ3v) is 2.20. The van der Waals surface area contributed by atoms with E-state index in [-0.39, 0.29) is 5.41 Å². The molecule has 0 aliphatic carbocycles. The van der Waals surface area contributed by atoms with Crippen molar-refractivity contribution in [3.63, 3.8) is 0 Å². The Balaban J connectivity index is 2.97. The molecule has 0 unspecified atom stereocenters. The summed E-state index contributed by atoms with van der Waals surface area (Å²) in [5, 5.41) is 0.722. The van der Waals surface area contributed by atoms with Crippen LogP contribution in [0.3, 0.4) is 0 Å². The molecule has 0 amide bonds. The maximum Gasteiger partial charge on any atom is 0.123 e. The zero-order valence-corrected chi connectivity index (χ0v) is 9.98. The van der Waals surface area contributed by atoms with Crippen molar-refractivity contribution < 1.29 is 4.74 Å². The van der Waals surface area contributed by atoms with Crippen molar-refractivity contribution >= 4 is 11.6 Å². The van der Waals surface area contributed by atoms with Crippen LogP contribution in [0.1, 0.15) is 26.3 Å². The molecule has 0 heterocycles. The first-order chi connectivity index (χ1) is 6.42. The molecular formula is C12H17ClO. The fraction of sp³-hybridized carbons (Fsp3) is 0.500. The van der Waals surface area contributed by atoms with E-state index in [0.717, 1.165) is 17.2 Å². The van der Waals surface area contributed by atoms with Gasteiger partial charge in [-0.1, -0.05) is 38.4 Å². The molecule has 1 aromatic rings. The van der Waals surface area contributed by atoms with Gasteiger partial charge in [-0.2, -0.15) is 0 Å². The maximum atomic E-state index is 5.89. The number of hydrogen-bond donors (Lipinski definition) is 0. The van der Waals surface area contributed by atoms with Crippen LogP contribution < -0.4 is 4.74 Å². The minimum absolute atomic E-state index is 0.265. The number of hydrogen-bond acceptors (Lipinski definition) is 1. The van der Waals surface area contributed by atoms with Gasteiger partial charge in [-0.05, 0) is 29.5 Å². The second kappa shape index (κ2) is 4.22. The lowest BCUT2D eigenvalue weighted by Gasteiger charge is -2.19. The Labute approximate surface area is 91.0 Å². The smallest absolute Gasteiger partial charge is 0.123 e. The van der Waals surface area contributed by atoms with Crippen LogP contribution in [0.5, 0.6) is 5.75 Å². The van der Waals surface area contributed by atoms with E-state index in [1.807, 2.05) is 18.2 Å². The van der Waals surface area contributed by atoms with Gasteiger partial charge in [-0.3, -0.25) is 0 Å². The molecule has 0 aromatic heterocycles. The van der Waals surface area contributed by atoms with E-state index < -0.39 is 0 Å². The normalized spacial score (nSPS) is 11.5. The predicted molar refractivity (Wildman–Crippen MR) is 61.2 cm³/mol. The van der Waals surface area contributed by atoms with Crippen molar-refractivity contribution in [3.8, 4) is 5.75 Å². The minimum Gasteiger partial charge on any atom is -0.496 e. The SMILES string of the molecule is COc1cc(Cl)ccc1CC(C)(C)C. The summed E-state index contributed by atoms with van der Waals surface area (Å²) in [7, 11) is 1.68. The fourth-order valence-electron chi connectivity index (χ4n) is 1.44. The Morgan fingerprint density at radius 1 is 1.29 bits per heavy atom. The average Bonchev–Trinajstić information content (AvgIpc) is 2.06. The molecule has 14 heavy (non-hydrogen) atoms. The molecule has 0 saturated heterocycles. The quantitative estimate of drug-likeness (QED) is 0.722. The summed E-state index contributed by atoms with van der Waals surface area (Å²) in [4.78, 5) is 0. The molecule has 2 heteroatoms. The molecule has 0 spiro atoms. The van der Waals surface area contributed by atoms with Crippen LogP contribution in [-0.2, 0) is 6.42 Å². The van der Waals surface area contributed by atoms with E-state index in [9.17, 15) is 0 Å². The molecule has 0 radical (unpaired) electrons. The lowest BCUT2D eigenvalue weighted by molar-refractivity contribution is 0.379. The lowest BCUT2D eigenvalue weighted by Crippen LogP contribution is -2.10. The number of ether oxygens (including phenoxy) is 1. The third-order valence-electron chi connectivity index (χ3n) is 1.97. The highest BCUT2D eigenvalue weighted by Crippen LogP contribution is 2.29. The van der Waals surface area contributed by atoms with E-state index in [1.165, 1.54) is 5.56 Å². The van der Waals surface area contributed by atoms with E-state index in [0.29, 0.717) is 0 Å². The molecule has 1 aromatic carbocycles. The molecule has 0 N–H and O–H groups in total. The molecule has 1 nitrogen and oxygen atoms in total. The van der Waals surface area contributed by atoms with Gasteiger partial charge in [0.05, 0.1) is 7.11 Å². The highest BCUT2D eigenvalue weighted by Gasteiger charge is 2.14. The summed E-state index contributed by atoms with van der Waals surface area (Å²) < 4.78 is 5.29. The number of benzene rings is 1. The van der Waals surface area contributed by atoms with E-state index in [1.54, 1.807) is 7.11 Å². The Morgan fingerprint density at radius 3 is 2.43 bits per heavy atom. The van der Waals surface area contributed by atoms with Gasteiger partial charge in [0.25, 0.3) is 0 Å². The van der Waals surface area contributed by atoms with E-state index >= 15 is 0 Å². The highest BCUT2D eigenvalue weighted by molar-refractivity contribution is 6.30. The van der Waals surface area contributed by atoms with Crippen molar-refractivity contribution in [3.05, 3.63) is 28.8 Å². The molecule has 0 atom stereocenters. The predicted octanol–water partition coefficient (Wildman–Crippen LogP) is 3.94. The molecule has 1 rings (SSSR count). The van der Waals surface area contributed by atoms with Crippen molar-refractivity contribution in [2.75, 3.05) is 7.11 Å². The molecule has 0 aliphatic rings. The minimum atomic E-state index is 0.265. The zero-order valence-electron chi connectivity index (χ0n) is 9.23. The zero-order chi connectivity index (χ0) is 10.8. The first-order valence-electron chi connectivity index (χ1n) is 4.75. The first kappa shape index (κ1) is 11.4. The second-order valence-corrected chi connectivity index (χ2v) is 5.13. The van der Waals surface area contributed by atoms with Gasteiger partial charge in [-0.25, -0.2) is 0 Å². The summed E-state index contributed by atoms with van der Waals surface area (Å²) in [6, 6.07) is 5.81. The molecule has 0 aliphatic heterocycles. The Bertz CT molecular complexity index is 313. The van der Waals surface area contributed by atoms with Crippen LogP contribution in [0.25, 0.3) is 0 Å². The molecule has 78 valence electrons. The fourth-order valence-corrected chi connectivity index (χ4v) is 1.60. The van der Waals surface area contributed by atoms with E-state index in [4.69, 9.17) is 16.3 Å². The Morgan fingerprint density at radius 2 is 1.93 bits per heavy atom. The average molecular weight is 213 g/mol. The van der Waals surface area contributed by atoms with Crippen LogP contribution in [-0.4, -0.2) is 7.11 Å². The van der Waals surface area contributed by atoms with Gasteiger partial charge in [0.1, 0.15) is 5.75 Å². The summed E-state index contributed by atoms with van der Waals surface area (Å²) >= 11 is 5.89. The van der Waals surface area contributed by atoms with Gasteiger partial charge in [0, 0.05) is 5.02 Å². The Hall–Kier alpha value is -0.690. The molecular weight excluding hydrogens is 196 g/mol. The largest absolute Gasteiger partial charge is 0.496 e. The maximum absolute atomic E-state index is 5.89. The third kappa shape index (κ3) is 3.22. The molecule has 0 saturated carbocycles. The van der Waals surface area contributed by atoms with Gasteiger partial charge >= 0.3 is 0 Å². The number of halogens is 1. The number of rotatable bonds is 2. The van der Waals surface area contributed by atoms with Crippen molar-refractivity contribution in [1.29, 1.82) is 0 Å². The van der Waals surface area contributed by atoms with Gasteiger partial charge in [-0.15, -0.1) is 0 Å². The summed E-state index contributed by atoms with van der Waals surface area (Å²) in [5.74, 6) is 0.882. The Kier molecular flexibility index (Phi) is 3.43. The standard InChI is InChI=1S/C12H17ClO/c1-12(2,3)8-9-5-6-10(13)7-11(9)14-4/h5-7H,8H2,1-4H3. The van der Waals surface area contributed by atoms with Crippen LogP contribution in [0.15, 0.2) is 18.2 Å². The summed E-state index contributed by atoms with van der Waals surface area (Å²) in [6.07, 6.45) is 0.993. The summed E-state index contributed by atoms with van der Waals surface area (Å²) in [6.45, 7) is 6.63. The van der Waals surface area contributed by atoms with Crippen molar-refractivity contribution in [2.45, 2.75) is 27.2 Å². The number of methoxy groups -OCH3 is 1. The second-order valence-electron chi connectivity index (χ2n) is 4.69. The monoisotopic (exact) mass is 212 g/mol.